The van der Waals surface area contributed by atoms with Gasteiger partial charge in [-0.15, -0.1) is 0 Å². The van der Waals surface area contributed by atoms with Crippen LogP contribution < -0.4 is 10.6 Å². The quantitative estimate of drug-likeness (QED) is 0.852. The van der Waals surface area contributed by atoms with Crippen LogP contribution in [0.4, 0.5) is 5.69 Å². The third-order valence-corrected chi connectivity index (χ3v) is 3.19. The number of nitriles is 1. The Labute approximate surface area is 107 Å². The number of carbonyl (C=O) groups excluding carboxylic acids is 1. The topological polar surface area (TPSA) is 64.9 Å². The van der Waals surface area contributed by atoms with E-state index in [0.717, 1.165) is 25.9 Å². The molecule has 1 aliphatic heterocycles. The predicted octanol–water partition coefficient (Wildman–Crippen LogP) is 1.89. The maximum Gasteiger partial charge on any atom is 0.224 e. The van der Waals surface area contributed by atoms with Gasteiger partial charge in [0.2, 0.25) is 5.91 Å². The molecule has 1 saturated heterocycles. The van der Waals surface area contributed by atoms with E-state index in [1.807, 2.05) is 6.07 Å². The van der Waals surface area contributed by atoms with E-state index in [0.29, 0.717) is 23.6 Å². The highest BCUT2D eigenvalue weighted by atomic mass is 16.1. The third-order valence-electron chi connectivity index (χ3n) is 3.19. The van der Waals surface area contributed by atoms with Crippen molar-refractivity contribution in [1.82, 2.24) is 5.32 Å². The van der Waals surface area contributed by atoms with E-state index in [2.05, 4.69) is 16.7 Å². The minimum absolute atomic E-state index is 0.00796. The number of rotatable bonds is 3. The fourth-order valence-electron chi connectivity index (χ4n) is 2.25. The molecule has 2 N–H and O–H groups in total. The van der Waals surface area contributed by atoms with Crippen molar-refractivity contribution in [3.05, 3.63) is 29.8 Å². The lowest BCUT2D eigenvalue weighted by atomic mass is 9.96. The minimum atomic E-state index is -0.00796. The molecule has 1 amide bonds. The first-order chi connectivity index (χ1) is 8.79. The van der Waals surface area contributed by atoms with E-state index < -0.39 is 0 Å². The van der Waals surface area contributed by atoms with Crippen LogP contribution in [-0.4, -0.2) is 19.0 Å². The number of nitrogens with one attached hydrogen (secondary N) is 2. The molecule has 18 heavy (non-hydrogen) atoms. The summed E-state index contributed by atoms with van der Waals surface area (Å²) in [5.41, 5.74) is 1.11. The van der Waals surface area contributed by atoms with Crippen LogP contribution in [0.3, 0.4) is 0 Å². The van der Waals surface area contributed by atoms with Gasteiger partial charge in [-0.3, -0.25) is 4.79 Å². The van der Waals surface area contributed by atoms with Gasteiger partial charge in [-0.05, 0) is 44.0 Å². The summed E-state index contributed by atoms with van der Waals surface area (Å²) in [5, 5.41) is 15.1. The smallest absolute Gasteiger partial charge is 0.224 e. The summed E-state index contributed by atoms with van der Waals surface area (Å²) < 4.78 is 0. The van der Waals surface area contributed by atoms with Crippen molar-refractivity contribution in [2.45, 2.75) is 19.3 Å². The summed E-state index contributed by atoms with van der Waals surface area (Å²) >= 11 is 0. The summed E-state index contributed by atoms with van der Waals surface area (Å²) in [6, 6.07) is 9.15. The van der Waals surface area contributed by atoms with Gasteiger partial charge in [0.15, 0.2) is 0 Å². The van der Waals surface area contributed by atoms with Crippen molar-refractivity contribution in [2.75, 3.05) is 18.4 Å². The molecule has 2 rings (SSSR count). The van der Waals surface area contributed by atoms with Gasteiger partial charge in [-0.25, -0.2) is 0 Å². The molecule has 94 valence electrons. The Morgan fingerprint density at radius 2 is 2.33 bits per heavy atom. The molecule has 1 aromatic rings. The number of benzene rings is 1. The van der Waals surface area contributed by atoms with Gasteiger partial charge in [0, 0.05) is 6.42 Å². The molecule has 1 atom stereocenters. The summed E-state index contributed by atoms with van der Waals surface area (Å²) in [7, 11) is 0. The second kappa shape index (κ2) is 6.18. The first kappa shape index (κ1) is 12.6. The highest BCUT2D eigenvalue weighted by Gasteiger charge is 2.17. The maximum atomic E-state index is 11.9. The summed E-state index contributed by atoms with van der Waals surface area (Å²) in [6.07, 6.45) is 2.75. The van der Waals surface area contributed by atoms with E-state index in [-0.39, 0.29) is 5.91 Å². The molecule has 1 fully saturated rings. The Morgan fingerprint density at radius 1 is 1.50 bits per heavy atom. The van der Waals surface area contributed by atoms with Crippen molar-refractivity contribution >= 4 is 11.6 Å². The van der Waals surface area contributed by atoms with Crippen molar-refractivity contribution in [3.63, 3.8) is 0 Å². The molecule has 0 bridgehead atoms. The van der Waals surface area contributed by atoms with Gasteiger partial charge in [-0.1, -0.05) is 12.1 Å². The Morgan fingerprint density at radius 3 is 3.06 bits per heavy atom. The molecule has 1 aliphatic rings. The average molecular weight is 243 g/mol. The van der Waals surface area contributed by atoms with Crippen molar-refractivity contribution in [1.29, 1.82) is 5.26 Å². The lowest BCUT2D eigenvalue weighted by molar-refractivity contribution is -0.117. The third kappa shape index (κ3) is 3.31. The fraction of sp³-hybridized carbons (Fsp3) is 0.429. The van der Waals surface area contributed by atoms with E-state index in [1.165, 1.54) is 0 Å². The van der Waals surface area contributed by atoms with Crippen LogP contribution >= 0.6 is 0 Å². The molecular formula is C14H17N3O. The Kier molecular flexibility index (Phi) is 4.32. The van der Waals surface area contributed by atoms with Crippen LogP contribution in [0.2, 0.25) is 0 Å². The van der Waals surface area contributed by atoms with E-state index in [9.17, 15) is 4.79 Å². The zero-order valence-corrected chi connectivity index (χ0v) is 10.3. The van der Waals surface area contributed by atoms with Crippen molar-refractivity contribution in [3.8, 4) is 6.07 Å². The molecule has 4 nitrogen and oxygen atoms in total. The minimum Gasteiger partial charge on any atom is -0.325 e. The van der Waals surface area contributed by atoms with Crippen LogP contribution in [0.15, 0.2) is 24.3 Å². The molecule has 0 spiro atoms. The second-order valence-corrected chi connectivity index (χ2v) is 4.62. The maximum absolute atomic E-state index is 11.9. The fourth-order valence-corrected chi connectivity index (χ4v) is 2.25. The molecule has 0 radical (unpaired) electrons. The Bertz CT molecular complexity index is 458. The molecular weight excluding hydrogens is 226 g/mol. The lowest BCUT2D eigenvalue weighted by Crippen LogP contribution is -2.32. The molecule has 1 heterocycles. The zero-order chi connectivity index (χ0) is 12.8. The number of nitrogens with zero attached hydrogens (tertiary/aromatic N) is 1. The molecule has 1 aromatic carbocycles. The van der Waals surface area contributed by atoms with Crippen LogP contribution in [0, 0.1) is 17.2 Å². The van der Waals surface area contributed by atoms with Crippen molar-refractivity contribution in [2.24, 2.45) is 5.92 Å². The SMILES string of the molecule is N#Cc1ccccc1NC(=O)CC1CCCNC1. The van der Waals surface area contributed by atoms with Crippen molar-refractivity contribution < 1.29 is 4.79 Å². The number of hydrogen-bond donors (Lipinski definition) is 2. The average Bonchev–Trinajstić information content (AvgIpc) is 2.40. The molecule has 0 aromatic heterocycles. The van der Waals surface area contributed by atoms with Crippen LogP contribution in [0.25, 0.3) is 0 Å². The number of piperidine rings is 1. The first-order valence-electron chi connectivity index (χ1n) is 6.29. The van der Waals surface area contributed by atoms with Crippen LogP contribution in [0.5, 0.6) is 0 Å². The first-order valence-corrected chi connectivity index (χ1v) is 6.29. The Balaban J connectivity index is 1.92. The highest BCUT2D eigenvalue weighted by molar-refractivity contribution is 5.92. The highest BCUT2D eigenvalue weighted by Crippen LogP contribution is 2.17. The summed E-state index contributed by atoms with van der Waals surface area (Å²) in [4.78, 5) is 11.9. The normalized spacial score (nSPS) is 18.9. The van der Waals surface area contributed by atoms with Gasteiger partial charge in [0.25, 0.3) is 0 Å². The lowest BCUT2D eigenvalue weighted by Gasteiger charge is -2.22. The number of amides is 1. The molecule has 0 saturated carbocycles. The predicted molar refractivity (Wildman–Crippen MR) is 70.0 cm³/mol. The number of anilines is 1. The molecule has 4 heteroatoms. The molecule has 0 aliphatic carbocycles. The van der Waals surface area contributed by atoms with Crippen LogP contribution in [0.1, 0.15) is 24.8 Å². The standard InChI is InChI=1S/C14H17N3O/c15-9-12-5-1-2-6-13(12)17-14(18)8-11-4-3-7-16-10-11/h1-2,5-6,11,16H,3-4,7-8,10H2,(H,17,18). The van der Waals surface area contributed by atoms with Gasteiger partial charge in [-0.2, -0.15) is 5.26 Å². The van der Waals surface area contributed by atoms with Gasteiger partial charge < -0.3 is 10.6 Å². The number of hydrogen-bond acceptors (Lipinski definition) is 3. The summed E-state index contributed by atoms with van der Waals surface area (Å²) in [5.74, 6) is 0.402. The van der Waals surface area contributed by atoms with Gasteiger partial charge >= 0.3 is 0 Å². The molecule has 1 unspecified atom stereocenters. The van der Waals surface area contributed by atoms with Gasteiger partial charge in [0.05, 0.1) is 11.3 Å². The van der Waals surface area contributed by atoms with E-state index in [4.69, 9.17) is 5.26 Å². The number of carbonyl (C=O) groups is 1. The second-order valence-electron chi connectivity index (χ2n) is 4.62. The Hall–Kier alpha value is -1.86. The van der Waals surface area contributed by atoms with Crippen LogP contribution in [-0.2, 0) is 4.79 Å². The van der Waals surface area contributed by atoms with Gasteiger partial charge in [0.1, 0.15) is 6.07 Å². The zero-order valence-electron chi connectivity index (χ0n) is 10.3. The van der Waals surface area contributed by atoms with E-state index >= 15 is 0 Å². The summed E-state index contributed by atoms with van der Waals surface area (Å²) in [6.45, 7) is 1.96. The largest absolute Gasteiger partial charge is 0.325 e. The number of para-hydroxylation sites is 1. The monoisotopic (exact) mass is 243 g/mol. The van der Waals surface area contributed by atoms with E-state index in [1.54, 1.807) is 18.2 Å².